The Bertz CT molecular complexity index is 897. The molecule has 2 aromatic carbocycles. The van der Waals surface area contributed by atoms with Crippen LogP contribution in [0.5, 0.6) is 0 Å². The highest BCUT2D eigenvalue weighted by atomic mass is 16.2. The fraction of sp³-hybridized carbons (Fsp3) is 0.250. The van der Waals surface area contributed by atoms with Crippen molar-refractivity contribution in [2.24, 2.45) is 0 Å². The van der Waals surface area contributed by atoms with E-state index in [1.54, 1.807) is 0 Å². The molecule has 0 saturated carbocycles. The number of aryl methyl sites for hydroxylation is 1. The summed E-state index contributed by atoms with van der Waals surface area (Å²) in [4.78, 5) is 26.0. The zero-order valence-corrected chi connectivity index (χ0v) is 14.7. The maximum absolute atomic E-state index is 12.5. The summed E-state index contributed by atoms with van der Waals surface area (Å²) in [6.07, 6.45) is 0.842. The Balaban J connectivity index is 1.66. The van der Waals surface area contributed by atoms with Gasteiger partial charge in [0.1, 0.15) is 5.82 Å². The second-order valence-corrected chi connectivity index (χ2v) is 6.30. The fourth-order valence-corrected chi connectivity index (χ4v) is 2.91. The lowest BCUT2D eigenvalue weighted by Gasteiger charge is -2.18. The van der Waals surface area contributed by atoms with Gasteiger partial charge in [-0.1, -0.05) is 60.2 Å². The lowest BCUT2D eigenvalue weighted by atomic mass is 9.88. The van der Waals surface area contributed by atoms with Gasteiger partial charge in [0.05, 0.1) is 0 Å². The van der Waals surface area contributed by atoms with Gasteiger partial charge in [0.2, 0.25) is 5.91 Å². The zero-order chi connectivity index (χ0) is 18.4. The fourth-order valence-electron chi connectivity index (χ4n) is 2.91. The van der Waals surface area contributed by atoms with Crippen LogP contribution in [-0.4, -0.2) is 27.6 Å². The first-order valence-corrected chi connectivity index (χ1v) is 8.63. The molecule has 0 fully saturated rings. The molecule has 134 valence electrons. The van der Waals surface area contributed by atoms with Gasteiger partial charge in [-0.05, 0) is 18.1 Å². The largest absolute Gasteiger partial charge is 0.356 e. The monoisotopic (exact) mass is 350 g/mol. The summed E-state index contributed by atoms with van der Waals surface area (Å²) in [6.45, 7) is 2.47. The van der Waals surface area contributed by atoms with Gasteiger partial charge < -0.3 is 5.32 Å². The smallest absolute Gasteiger partial charge is 0.340 e. The molecule has 26 heavy (non-hydrogen) atoms. The number of hydrogen-bond donors (Lipinski definition) is 3. The van der Waals surface area contributed by atoms with Crippen LogP contribution in [0, 0.1) is 6.92 Å². The summed E-state index contributed by atoms with van der Waals surface area (Å²) < 4.78 is 0. The van der Waals surface area contributed by atoms with Crippen LogP contribution < -0.4 is 11.0 Å². The average molecular weight is 350 g/mol. The van der Waals surface area contributed by atoms with Crippen LogP contribution in [0.4, 0.5) is 0 Å². The van der Waals surface area contributed by atoms with Crippen LogP contribution in [0.15, 0.2) is 59.4 Å². The van der Waals surface area contributed by atoms with Gasteiger partial charge in [0.15, 0.2) is 0 Å². The number of carbonyl (C=O) groups is 1. The number of hydrogen-bond acceptors (Lipinski definition) is 3. The van der Waals surface area contributed by atoms with E-state index in [-0.39, 0.29) is 17.5 Å². The Morgan fingerprint density at radius 1 is 1.08 bits per heavy atom. The highest BCUT2D eigenvalue weighted by Crippen LogP contribution is 2.28. The second kappa shape index (κ2) is 8.29. The lowest BCUT2D eigenvalue weighted by Crippen LogP contribution is -2.27. The minimum atomic E-state index is -0.338. The molecule has 0 aliphatic rings. The first-order chi connectivity index (χ1) is 12.6. The first kappa shape index (κ1) is 17.7. The summed E-state index contributed by atoms with van der Waals surface area (Å²) in [6, 6.07) is 18.3. The molecule has 6 nitrogen and oxygen atoms in total. The number of aromatic nitrogens is 3. The molecule has 0 saturated heterocycles. The van der Waals surface area contributed by atoms with E-state index >= 15 is 0 Å². The Morgan fingerprint density at radius 3 is 2.42 bits per heavy atom. The Kier molecular flexibility index (Phi) is 5.63. The van der Waals surface area contributed by atoms with Crippen molar-refractivity contribution in [1.82, 2.24) is 20.5 Å². The maximum atomic E-state index is 12.5. The van der Waals surface area contributed by atoms with Crippen molar-refractivity contribution >= 4 is 5.91 Å². The van der Waals surface area contributed by atoms with Crippen LogP contribution in [0.25, 0.3) is 0 Å². The molecule has 0 aliphatic heterocycles. The van der Waals surface area contributed by atoms with Crippen LogP contribution in [0.3, 0.4) is 0 Å². The Labute approximate surface area is 151 Å². The molecule has 6 heteroatoms. The van der Waals surface area contributed by atoms with Gasteiger partial charge in [-0.2, -0.15) is 5.10 Å². The molecule has 0 aliphatic carbocycles. The predicted molar refractivity (Wildman–Crippen MR) is 100 cm³/mol. The number of benzene rings is 2. The van der Waals surface area contributed by atoms with E-state index < -0.39 is 0 Å². The molecule has 1 atom stereocenters. The van der Waals surface area contributed by atoms with Gasteiger partial charge >= 0.3 is 5.69 Å². The van der Waals surface area contributed by atoms with Crippen molar-refractivity contribution in [3.05, 3.63) is 87.6 Å². The molecular formula is C20H22N4O2. The van der Waals surface area contributed by atoms with Gasteiger partial charge in [0, 0.05) is 25.3 Å². The molecule has 1 aromatic heterocycles. The maximum Gasteiger partial charge on any atom is 0.340 e. The van der Waals surface area contributed by atoms with Crippen molar-refractivity contribution in [2.45, 2.75) is 25.7 Å². The number of amides is 1. The lowest BCUT2D eigenvalue weighted by molar-refractivity contribution is -0.121. The van der Waals surface area contributed by atoms with E-state index in [2.05, 4.69) is 44.8 Å². The van der Waals surface area contributed by atoms with Crippen LogP contribution >= 0.6 is 0 Å². The molecular weight excluding hydrogens is 328 g/mol. The molecule has 3 rings (SSSR count). The Morgan fingerprint density at radius 2 is 1.77 bits per heavy atom. The van der Waals surface area contributed by atoms with Crippen molar-refractivity contribution in [3.63, 3.8) is 0 Å². The van der Waals surface area contributed by atoms with Gasteiger partial charge in [0.25, 0.3) is 0 Å². The SMILES string of the molecule is Cc1ccc(C(CC(=O)NCCc2n[nH]c(=O)[nH]2)c2ccccc2)cc1. The quantitative estimate of drug-likeness (QED) is 0.610. The van der Waals surface area contributed by atoms with Crippen LogP contribution in [0.2, 0.25) is 0 Å². The van der Waals surface area contributed by atoms with Crippen molar-refractivity contribution in [2.75, 3.05) is 6.54 Å². The topological polar surface area (TPSA) is 90.6 Å². The number of aromatic amines is 2. The summed E-state index contributed by atoms with van der Waals surface area (Å²) >= 11 is 0. The number of nitrogens with one attached hydrogen (secondary N) is 3. The summed E-state index contributed by atoms with van der Waals surface area (Å²) in [5.74, 6) is 0.507. The number of nitrogens with zero attached hydrogens (tertiary/aromatic N) is 1. The van der Waals surface area contributed by atoms with Gasteiger partial charge in [-0.15, -0.1) is 0 Å². The van der Waals surface area contributed by atoms with Gasteiger partial charge in [-0.3, -0.25) is 9.78 Å². The number of carbonyl (C=O) groups excluding carboxylic acids is 1. The van der Waals surface area contributed by atoms with Gasteiger partial charge in [-0.25, -0.2) is 9.89 Å². The minimum Gasteiger partial charge on any atom is -0.356 e. The standard InChI is InChI=1S/C20H22N4O2/c1-14-7-9-16(10-8-14)17(15-5-3-2-4-6-15)13-19(25)21-12-11-18-22-20(26)24-23-18/h2-10,17H,11-13H2,1H3,(H,21,25)(H2,22,23,24,26). The van der Waals surface area contributed by atoms with E-state index in [1.807, 2.05) is 37.3 Å². The third-order valence-electron chi connectivity index (χ3n) is 4.31. The number of H-pyrrole nitrogens is 2. The van der Waals surface area contributed by atoms with E-state index in [0.29, 0.717) is 25.2 Å². The van der Waals surface area contributed by atoms with Crippen molar-refractivity contribution in [1.29, 1.82) is 0 Å². The van der Waals surface area contributed by atoms with Crippen LogP contribution in [0.1, 0.15) is 34.9 Å². The van der Waals surface area contributed by atoms with E-state index in [1.165, 1.54) is 5.56 Å². The highest BCUT2D eigenvalue weighted by Gasteiger charge is 2.18. The summed E-state index contributed by atoms with van der Waals surface area (Å²) in [7, 11) is 0. The molecule has 3 aromatic rings. The summed E-state index contributed by atoms with van der Waals surface area (Å²) in [5.41, 5.74) is 3.09. The minimum absolute atomic E-state index is 0.00184. The second-order valence-electron chi connectivity index (χ2n) is 6.30. The molecule has 1 heterocycles. The Hall–Kier alpha value is -3.15. The molecule has 1 amide bonds. The molecule has 1 unspecified atom stereocenters. The van der Waals surface area contributed by atoms with Crippen molar-refractivity contribution in [3.8, 4) is 0 Å². The summed E-state index contributed by atoms with van der Waals surface area (Å²) in [5, 5.41) is 9.05. The molecule has 0 bridgehead atoms. The number of rotatable bonds is 7. The zero-order valence-electron chi connectivity index (χ0n) is 14.7. The molecule has 3 N–H and O–H groups in total. The average Bonchev–Trinajstić information content (AvgIpc) is 3.06. The normalized spacial score (nSPS) is 11.9. The van der Waals surface area contributed by atoms with E-state index in [4.69, 9.17) is 0 Å². The first-order valence-electron chi connectivity index (χ1n) is 8.63. The van der Waals surface area contributed by atoms with Crippen molar-refractivity contribution < 1.29 is 4.79 Å². The third-order valence-corrected chi connectivity index (χ3v) is 4.31. The highest BCUT2D eigenvalue weighted by molar-refractivity contribution is 5.77. The predicted octanol–water partition coefficient (Wildman–Crippen LogP) is 2.29. The van der Waals surface area contributed by atoms with E-state index in [0.717, 1.165) is 11.1 Å². The third kappa shape index (κ3) is 4.69. The van der Waals surface area contributed by atoms with Crippen LogP contribution in [-0.2, 0) is 11.2 Å². The molecule has 0 radical (unpaired) electrons. The molecule has 0 spiro atoms. The van der Waals surface area contributed by atoms with E-state index in [9.17, 15) is 9.59 Å².